The number of imidazole rings is 1. The van der Waals surface area contributed by atoms with E-state index in [9.17, 15) is 14.9 Å². The number of fused-ring (bicyclic) bond motifs is 3. The van der Waals surface area contributed by atoms with Crippen LogP contribution >= 0.6 is 0 Å². The minimum absolute atomic E-state index is 0.0186. The summed E-state index contributed by atoms with van der Waals surface area (Å²) in [4.78, 5) is 28.1. The van der Waals surface area contributed by atoms with Gasteiger partial charge in [0.15, 0.2) is 0 Å². The fraction of sp³-hybridized carbons (Fsp3) is 0.143. The molecule has 146 valence electrons. The summed E-state index contributed by atoms with van der Waals surface area (Å²) in [7, 11) is 0. The second-order valence-corrected chi connectivity index (χ2v) is 6.60. The maximum atomic E-state index is 12.9. The molecule has 1 atom stereocenters. The van der Waals surface area contributed by atoms with Crippen LogP contribution in [0.1, 0.15) is 18.5 Å². The van der Waals surface area contributed by atoms with Crippen LogP contribution in [0.4, 0.5) is 11.6 Å². The molecule has 1 aliphatic heterocycles. The number of benzene rings is 2. The van der Waals surface area contributed by atoms with Gasteiger partial charge in [-0.1, -0.05) is 24.8 Å². The first-order chi connectivity index (χ1) is 14.0. The third-order valence-electron chi connectivity index (χ3n) is 4.80. The van der Waals surface area contributed by atoms with E-state index in [1.54, 1.807) is 19.1 Å². The Labute approximate surface area is 166 Å². The van der Waals surface area contributed by atoms with Gasteiger partial charge in [-0.3, -0.25) is 14.7 Å². The highest BCUT2D eigenvalue weighted by Crippen LogP contribution is 2.39. The Bertz CT molecular complexity index is 1160. The molecule has 1 aromatic heterocycles. The number of aromatic nitrogens is 2. The number of nitro groups is 1. The number of carbonyl (C=O) groups is 1. The molecular formula is C21H18N4O4. The number of anilines is 1. The Morgan fingerprint density at radius 2 is 2.03 bits per heavy atom. The summed E-state index contributed by atoms with van der Waals surface area (Å²) in [5.74, 6) is 0.106. The fourth-order valence-corrected chi connectivity index (χ4v) is 3.53. The number of esters is 1. The fourth-order valence-electron chi connectivity index (χ4n) is 3.53. The minimum Gasteiger partial charge on any atom is -0.458 e. The average Bonchev–Trinajstić information content (AvgIpc) is 3.08. The van der Waals surface area contributed by atoms with E-state index in [0.29, 0.717) is 22.8 Å². The standard InChI is InChI=1S/C21H18N4O4/c1-3-12-29-20(26)18-13(2)22-21-23-16-6-4-5-7-17(16)24(21)19(18)14-8-10-15(11-9-14)25(27)28/h3-11,19H,1,12H2,2H3,(H,22,23). The molecule has 1 unspecified atom stereocenters. The zero-order chi connectivity index (χ0) is 20.5. The van der Waals surface area contributed by atoms with Gasteiger partial charge in [-0.2, -0.15) is 0 Å². The van der Waals surface area contributed by atoms with Crippen molar-refractivity contribution in [2.45, 2.75) is 13.0 Å². The summed E-state index contributed by atoms with van der Waals surface area (Å²) in [6.45, 7) is 5.45. The van der Waals surface area contributed by atoms with Crippen molar-refractivity contribution in [1.29, 1.82) is 0 Å². The molecule has 0 saturated heterocycles. The topological polar surface area (TPSA) is 99.3 Å². The van der Waals surface area contributed by atoms with Gasteiger partial charge < -0.3 is 10.1 Å². The van der Waals surface area contributed by atoms with Crippen LogP contribution in [0.5, 0.6) is 0 Å². The number of para-hydroxylation sites is 2. The second kappa shape index (κ2) is 7.23. The quantitative estimate of drug-likeness (QED) is 0.306. The number of non-ortho nitro benzene ring substituents is 1. The normalized spacial score (nSPS) is 15.6. The van der Waals surface area contributed by atoms with Gasteiger partial charge in [-0.15, -0.1) is 0 Å². The van der Waals surface area contributed by atoms with Crippen LogP contribution in [0.2, 0.25) is 0 Å². The van der Waals surface area contributed by atoms with Crippen molar-refractivity contribution < 1.29 is 14.5 Å². The second-order valence-electron chi connectivity index (χ2n) is 6.60. The Hall–Kier alpha value is -3.94. The molecule has 2 aromatic carbocycles. The van der Waals surface area contributed by atoms with E-state index in [1.165, 1.54) is 18.2 Å². The van der Waals surface area contributed by atoms with Crippen molar-refractivity contribution in [3.63, 3.8) is 0 Å². The predicted octanol–water partition coefficient (Wildman–Crippen LogP) is 3.96. The molecule has 1 N–H and O–H groups in total. The summed E-state index contributed by atoms with van der Waals surface area (Å²) < 4.78 is 7.23. The summed E-state index contributed by atoms with van der Waals surface area (Å²) in [5.41, 5.74) is 3.33. The third-order valence-corrected chi connectivity index (χ3v) is 4.80. The molecule has 8 nitrogen and oxygen atoms in total. The molecule has 0 saturated carbocycles. The molecule has 0 fully saturated rings. The van der Waals surface area contributed by atoms with Crippen LogP contribution in [0.15, 0.2) is 72.5 Å². The van der Waals surface area contributed by atoms with Crippen LogP contribution in [-0.2, 0) is 9.53 Å². The van der Waals surface area contributed by atoms with E-state index in [4.69, 9.17) is 4.74 Å². The van der Waals surface area contributed by atoms with Gasteiger partial charge in [0.1, 0.15) is 6.61 Å². The summed E-state index contributed by atoms with van der Waals surface area (Å²) in [6.07, 6.45) is 1.50. The molecule has 0 radical (unpaired) electrons. The monoisotopic (exact) mass is 390 g/mol. The van der Waals surface area contributed by atoms with Crippen LogP contribution < -0.4 is 5.32 Å². The van der Waals surface area contributed by atoms with Crippen LogP contribution in [0, 0.1) is 10.1 Å². The van der Waals surface area contributed by atoms with Crippen LogP contribution in [0.3, 0.4) is 0 Å². The molecule has 0 spiro atoms. The molecule has 3 aromatic rings. The average molecular weight is 390 g/mol. The van der Waals surface area contributed by atoms with E-state index < -0.39 is 16.9 Å². The number of nitrogens with zero attached hydrogens (tertiary/aromatic N) is 3. The molecule has 0 bridgehead atoms. The lowest BCUT2D eigenvalue weighted by Crippen LogP contribution is -2.29. The first-order valence-electron chi connectivity index (χ1n) is 8.98. The van der Waals surface area contributed by atoms with Gasteiger partial charge in [0.25, 0.3) is 5.69 Å². The van der Waals surface area contributed by atoms with Crippen LogP contribution in [-0.4, -0.2) is 27.1 Å². The van der Waals surface area contributed by atoms with Gasteiger partial charge in [0.05, 0.1) is 27.6 Å². The highest BCUT2D eigenvalue weighted by Gasteiger charge is 2.35. The summed E-state index contributed by atoms with van der Waals surface area (Å²) in [6, 6.07) is 13.2. The van der Waals surface area contributed by atoms with Crippen molar-refractivity contribution in [2.75, 3.05) is 11.9 Å². The lowest BCUT2D eigenvalue weighted by molar-refractivity contribution is -0.384. The van der Waals surface area contributed by atoms with Crippen LogP contribution in [0.25, 0.3) is 11.0 Å². The molecule has 4 rings (SSSR count). The third kappa shape index (κ3) is 3.14. The van der Waals surface area contributed by atoms with Crippen molar-refractivity contribution in [3.8, 4) is 0 Å². The maximum Gasteiger partial charge on any atom is 0.338 e. The SMILES string of the molecule is C=CCOC(=O)C1=C(C)Nc2nc3ccccc3n2C1c1ccc([N+](=O)[O-])cc1. The van der Waals surface area contributed by atoms with E-state index in [1.807, 2.05) is 28.8 Å². The van der Waals surface area contributed by atoms with Gasteiger partial charge in [-0.05, 0) is 36.8 Å². The van der Waals surface area contributed by atoms with E-state index in [-0.39, 0.29) is 12.3 Å². The zero-order valence-corrected chi connectivity index (χ0v) is 15.7. The van der Waals surface area contributed by atoms with E-state index in [0.717, 1.165) is 11.0 Å². The lowest BCUT2D eigenvalue weighted by atomic mass is 9.95. The van der Waals surface area contributed by atoms with Gasteiger partial charge in [0.2, 0.25) is 5.95 Å². The number of carbonyl (C=O) groups excluding carboxylic acids is 1. The van der Waals surface area contributed by atoms with Crippen molar-refractivity contribution in [3.05, 3.63) is 88.1 Å². The largest absolute Gasteiger partial charge is 0.458 e. The summed E-state index contributed by atoms with van der Waals surface area (Å²) >= 11 is 0. The number of ether oxygens (including phenoxy) is 1. The molecular weight excluding hydrogens is 372 g/mol. The number of hydrogen-bond donors (Lipinski definition) is 1. The Balaban J connectivity index is 1.91. The molecule has 1 aliphatic rings. The molecule has 8 heteroatoms. The number of nitro benzene ring substituents is 1. The maximum absolute atomic E-state index is 12.9. The van der Waals surface area contributed by atoms with Crippen molar-refractivity contribution in [2.24, 2.45) is 0 Å². The molecule has 0 aliphatic carbocycles. The Morgan fingerprint density at radius 1 is 1.31 bits per heavy atom. The zero-order valence-electron chi connectivity index (χ0n) is 15.7. The number of allylic oxidation sites excluding steroid dienone is 1. The van der Waals surface area contributed by atoms with Crippen molar-refractivity contribution >= 4 is 28.6 Å². The molecule has 29 heavy (non-hydrogen) atoms. The molecule has 0 amide bonds. The first-order valence-corrected chi connectivity index (χ1v) is 8.98. The highest BCUT2D eigenvalue weighted by molar-refractivity contribution is 5.94. The minimum atomic E-state index is -0.545. The van der Waals surface area contributed by atoms with Gasteiger partial charge >= 0.3 is 5.97 Å². The van der Waals surface area contributed by atoms with Gasteiger partial charge in [0, 0.05) is 17.8 Å². The first kappa shape index (κ1) is 18.4. The Morgan fingerprint density at radius 3 is 2.72 bits per heavy atom. The number of rotatable bonds is 5. The number of hydrogen-bond acceptors (Lipinski definition) is 6. The molecule has 2 heterocycles. The summed E-state index contributed by atoms with van der Waals surface area (Å²) in [5, 5.41) is 14.2. The van der Waals surface area contributed by atoms with E-state index in [2.05, 4.69) is 16.9 Å². The Kier molecular flexibility index (Phi) is 4.59. The predicted molar refractivity (Wildman–Crippen MR) is 108 cm³/mol. The van der Waals surface area contributed by atoms with Gasteiger partial charge in [-0.25, -0.2) is 9.78 Å². The highest BCUT2D eigenvalue weighted by atomic mass is 16.6. The lowest BCUT2D eigenvalue weighted by Gasteiger charge is -2.30. The van der Waals surface area contributed by atoms with Crippen molar-refractivity contribution in [1.82, 2.24) is 9.55 Å². The smallest absolute Gasteiger partial charge is 0.338 e. The van der Waals surface area contributed by atoms with E-state index >= 15 is 0 Å². The number of nitrogens with one attached hydrogen (secondary N) is 1.